The molecular weight excluding hydrogens is 372 g/mol. The third-order valence-electron chi connectivity index (χ3n) is 4.95. The van der Waals surface area contributed by atoms with Crippen LogP contribution in [0.3, 0.4) is 0 Å². The minimum atomic E-state index is -0.228. The van der Waals surface area contributed by atoms with Crippen LogP contribution in [0.5, 0.6) is 0 Å². The SMILES string of the molecule is O=c1[nH]c(Nc2ccccc2)nc2nccc(-c3ccc(-c4ccccc4)cc3)c12. The maximum Gasteiger partial charge on any atom is 0.262 e. The van der Waals surface area contributed by atoms with Gasteiger partial charge in [-0.1, -0.05) is 72.8 Å². The van der Waals surface area contributed by atoms with Gasteiger partial charge in [-0.15, -0.1) is 0 Å². The Morgan fingerprint density at radius 3 is 2.07 bits per heavy atom. The Bertz CT molecular complexity index is 1360. The number of aromatic nitrogens is 3. The molecule has 2 N–H and O–H groups in total. The number of para-hydroxylation sites is 1. The number of H-pyrrole nitrogens is 1. The zero-order chi connectivity index (χ0) is 20.3. The van der Waals surface area contributed by atoms with Gasteiger partial charge in [0.15, 0.2) is 5.65 Å². The minimum Gasteiger partial charge on any atom is -0.326 e. The average Bonchev–Trinajstić information content (AvgIpc) is 2.80. The van der Waals surface area contributed by atoms with E-state index in [9.17, 15) is 4.79 Å². The highest BCUT2D eigenvalue weighted by Crippen LogP contribution is 2.28. The summed E-state index contributed by atoms with van der Waals surface area (Å²) in [7, 11) is 0. The summed E-state index contributed by atoms with van der Waals surface area (Å²) in [6.45, 7) is 0. The fourth-order valence-electron chi connectivity index (χ4n) is 3.49. The maximum atomic E-state index is 12.9. The van der Waals surface area contributed by atoms with Gasteiger partial charge >= 0.3 is 0 Å². The van der Waals surface area contributed by atoms with Gasteiger partial charge in [0.25, 0.3) is 5.56 Å². The Balaban J connectivity index is 1.54. The van der Waals surface area contributed by atoms with E-state index >= 15 is 0 Å². The first kappa shape index (κ1) is 17.8. The van der Waals surface area contributed by atoms with E-state index in [0.717, 1.165) is 27.9 Å². The lowest BCUT2D eigenvalue weighted by Crippen LogP contribution is -2.13. The number of aromatic amines is 1. The predicted octanol–water partition coefficient (Wildman–Crippen LogP) is 5.40. The van der Waals surface area contributed by atoms with Crippen LogP contribution in [0.4, 0.5) is 11.6 Å². The fourth-order valence-corrected chi connectivity index (χ4v) is 3.49. The van der Waals surface area contributed by atoms with Gasteiger partial charge in [-0.2, -0.15) is 4.98 Å². The van der Waals surface area contributed by atoms with Crippen molar-refractivity contribution >= 4 is 22.7 Å². The first-order chi connectivity index (χ1) is 14.8. The summed E-state index contributed by atoms with van der Waals surface area (Å²) in [4.78, 5) is 24.6. The molecule has 3 aromatic carbocycles. The van der Waals surface area contributed by atoms with Crippen molar-refractivity contribution in [3.63, 3.8) is 0 Å². The van der Waals surface area contributed by atoms with Crippen molar-refractivity contribution in [3.8, 4) is 22.3 Å². The van der Waals surface area contributed by atoms with E-state index in [2.05, 4.69) is 44.5 Å². The number of pyridine rings is 1. The molecule has 0 aliphatic heterocycles. The molecule has 5 rings (SSSR count). The van der Waals surface area contributed by atoms with Crippen LogP contribution in [0.25, 0.3) is 33.3 Å². The molecule has 0 atom stereocenters. The number of benzene rings is 3. The van der Waals surface area contributed by atoms with E-state index in [1.807, 2.05) is 66.7 Å². The molecule has 30 heavy (non-hydrogen) atoms. The van der Waals surface area contributed by atoms with Crippen molar-refractivity contribution in [2.45, 2.75) is 0 Å². The summed E-state index contributed by atoms with van der Waals surface area (Å²) >= 11 is 0. The number of hydrogen-bond donors (Lipinski definition) is 2. The lowest BCUT2D eigenvalue weighted by Gasteiger charge is -2.09. The first-order valence-corrected chi connectivity index (χ1v) is 9.65. The van der Waals surface area contributed by atoms with Gasteiger partial charge in [0, 0.05) is 11.9 Å². The zero-order valence-corrected chi connectivity index (χ0v) is 16.0. The molecule has 5 heteroatoms. The molecule has 0 spiro atoms. The normalized spacial score (nSPS) is 10.8. The summed E-state index contributed by atoms with van der Waals surface area (Å²) in [5.74, 6) is 0.364. The Hall–Kier alpha value is -4.25. The van der Waals surface area contributed by atoms with Gasteiger partial charge in [-0.3, -0.25) is 9.78 Å². The molecule has 5 aromatic rings. The lowest BCUT2D eigenvalue weighted by atomic mass is 9.99. The molecule has 0 aliphatic carbocycles. The molecule has 0 aliphatic rings. The van der Waals surface area contributed by atoms with Crippen molar-refractivity contribution in [1.82, 2.24) is 15.0 Å². The van der Waals surface area contributed by atoms with Crippen LogP contribution in [-0.4, -0.2) is 15.0 Å². The van der Waals surface area contributed by atoms with Crippen LogP contribution in [0, 0.1) is 0 Å². The number of fused-ring (bicyclic) bond motifs is 1. The molecule has 0 amide bonds. The number of nitrogens with one attached hydrogen (secondary N) is 2. The van der Waals surface area contributed by atoms with E-state index < -0.39 is 0 Å². The molecule has 144 valence electrons. The van der Waals surface area contributed by atoms with Gasteiger partial charge in [-0.05, 0) is 40.5 Å². The summed E-state index contributed by atoms with van der Waals surface area (Å²) < 4.78 is 0. The Labute approximate surface area is 173 Å². The second-order valence-corrected chi connectivity index (χ2v) is 6.91. The minimum absolute atomic E-state index is 0.228. The quantitative estimate of drug-likeness (QED) is 0.431. The maximum absolute atomic E-state index is 12.9. The van der Waals surface area contributed by atoms with Crippen LogP contribution in [-0.2, 0) is 0 Å². The molecule has 0 saturated carbocycles. The summed E-state index contributed by atoms with van der Waals surface area (Å²) in [6, 6.07) is 29.8. The molecule has 5 nitrogen and oxygen atoms in total. The summed E-state index contributed by atoms with van der Waals surface area (Å²) in [5.41, 5.74) is 5.04. The van der Waals surface area contributed by atoms with Crippen molar-refractivity contribution in [2.75, 3.05) is 5.32 Å². The van der Waals surface area contributed by atoms with Crippen molar-refractivity contribution in [3.05, 3.63) is 108 Å². The van der Waals surface area contributed by atoms with Gasteiger partial charge in [0.05, 0.1) is 5.39 Å². The largest absolute Gasteiger partial charge is 0.326 e. The number of hydrogen-bond acceptors (Lipinski definition) is 4. The Morgan fingerprint density at radius 2 is 1.33 bits per heavy atom. The average molecular weight is 390 g/mol. The topological polar surface area (TPSA) is 70.7 Å². The molecule has 2 aromatic heterocycles. The van der Waals surface area contributed by atoms with Crippen LogP contribution in [0.15, 0.2) is 102 Å². The molecule has 0 unspecified atom stereocenters. The third-order valence-corrected chi connectivity index (χ3v) is 4.95. The van der Waals surface area contributed by atoms with Crippen LogP contribution in [0.1, 0.15) is 0 Å². The smallest absolute Gasteiger partial charge is 0.262 e. The number of nitrogens with zero attached hydrogens (tertiary/aromatic N) is 2. The lowest BCUT2D eigenvalue weighted by molar-refractivity contribution is 1.14. The highest BCUT2D eigenvalue weighted by molar-refractivity contribution is 5.92. The van der Waals surface area contributed by atoms with Gasteiger partial charge in [0.1, 0.15) is 0 Å². The van der Waals surface area contributed by atoms with Crippen molar-refractivity contribution < 1.29 is 0 Å². The predicted molar refractivity (Wildman–Crippen MR) is 121 cm³/mol. The molecule has 0 fully saturated rings. The van der Waals surface area contributed by atoms with Crippen LogP contribution < -0.4 is 10.9 Å². The molecule has 0 radical (unpaired) electrons. The summed E-state index contributed by atoms with van der Waals surface area (Å²) in [6.07, 6.45) is 1.68. The Kier molecular flexibility index (Phi) is 4.54. The van der Waals surface area contributed by atoms with Crippen LogP contribution >= 0.6 is 0 Å². The zero-order valence-electron chi connectivity index (χ0n) is 16.0. The second kappa shape index (κ2) is 7.64. The molecule has 2 heterocycles. The third kappa shape index (κ3) is 3.44. The van der Waals surface area contributed by atoms with E-state index in [-0.39, 0.29) is 5.56 Å². The Morgan fingerprint density at radius 1 is 0.700 bits per heavy atom. The highest BCUT2D eigenvalue weighted by atomic mass is 16.1. The van der Waals surface area contributed by atoms with Crippen molar-refractivity contribution in [2.24, 2.45) is 0 Å². The van der Waals surface area contributed by atoms with E-state index in [0.29, 0.717) is 17.0 Å². The molecule has 0 saturated heterocycles. The van der Waals surface area contributed by atoms with E-state index in [1.54, 1.807) is 6.20 Å². The van der Waals surface area contributed by atoms with Gasteiger partial charge < -0.3 is 5.32 Å². The van der Waals surface area contributed by atoms with Gasteiger partial charge in [0.2, 0.25) is 5.95 Å². The highest BCUT2D eigenvalue weighted by Gasteiger charge is 2.12. The van der Waals surface area contributed by atoms with Crippen LogP contribution in [0.2, 0.25) is 0 Å². The number of anilines is 2. The van der Waals surface area contributed by atoms with Crippen molar-refractivity contribution in [1.29, 1.82) is 0 Å². The molecular formula is C25H18N4O. The standard InChI is InChI=1S/C25H18N4O/c30-24-22-21(19-13-11-18(12-14-19)17-7-3-1-4-8-17)15-16-26-23(22)28-25(29-24)27-20-9-5-2-6-10-20/h1-16H,(H2,26,27,28,29,30). The molecule has 0 bridgehead atoms. The van der Waals surface area contributed by atoms with E-state index in [4.69, 9.17) is 0 Å². The van der Waals surface area contributed by atoms with Gasteiger partial charge in [-0.25, -0.2) is 4.98 Å². The summed E-state index contributed by atoms with van der Waals surface area (Å²) in [5, 5.41) is 3.59. The monoisotopic (exact) mass is 390 g/mol. The fraction of sp³-hybridized carbons (Fsp3) is 0. The van der Waals surface area contributed by atoms with E-state index in [1.165, 1.54) is 0 Å². The first-order valence-electron chi connectivity index (χ1n) is 9.65. The number of rotatable bonds is 4. The second-order valence-electron chi connectivity index (χ2n) is 6.91.